The molecule has 0 radical (unpaired) electrons. The van der Waals surface area contributed by atoms with Crippen molar-refractivity contribution in [2.45, 2.75) is 12.5 Å². The summed E-state index contributed by atoms with van der Waals surface area (Å²) >= 11 is 0. The first kappa shape index (κ1) is 19.6. The van der Waals surface area contributed by atoms with Crippen molar-refractivity contribution >= 4 is 17.7 Å². The van der Waals surface area contributed by atoms with Gasteiger partial charge in [0.15, 0.2) is 28.8 Å². The Bertz CT molecular complexity index is 1050. The first-order valence-electron chi connectivity index (χ1n) is 9.17. The number of fused-ring (bicyclic) bond motifs is 1. The van der Waals surface area contributed by atoms with Gasteiger partial charge in [0, 0.05) is 5.56 Å². The fourth-order valence-electron chi connectivity index (χ4n) is 3.49. The van der Waals surface area contributed by atoms with E-state index >= 15 is 0 Å². The Labute approximate surface area is 172 Å². The Balaban J connectivity index is 1.56. The van der Waals surface area contributed by atoms with Gasteiger partial charge in [0.25, 0.3) is 5.91 Å². The Morgan fingerprint density at radius 2 is 1.80 bits per heavy atom. The number of Topliss-reactive ketones (excluding diaryl/α,β-unsaturated/α-hetero) is 1. The number of nitrogens with zero attached hydrogens (tertiary/aromatic N) is 1. The first-order chi connectivity index (χ1) is 14.4. The summed E-state index contributed by atoms with van der Waals surface area (Å²) in [5.74, 6) is 0.981. The van der Waals surface area contributed by atoms with E-state index in [4.69, 9.17) is 18.9 Å². The number of ether oxygens (including phenoxy) is 4. The van der Waals surface area contributed by atoms with Crippen molar-refractivity contribution in [3.05, 3.63) is 47.5 Å². The largest absolute Gasteiger partial charge is 0.493 e. The summed E-state index contributed by atoms with van der Waals surface area (Å²) in [5, 5.41) is 2.68. The highest BCUT2D eigenvalue weighted by molar-refractivity contribution is 6.11. The molecule has 1 N–H and O–H groups in total. The zero-order valence-corrected chi connectivity index (χ0v) is 16.7. The maximum absolute atomic E-state index is 13.1. The van der Waals surface area contributed by atoms with Gasteiger partial charge >= 0.3 is 6.03 Å². The molecule has 2 aliphatic rings. The van der Waals surface area contributed by atoms with Crippen LogP contribution in [0.15, 0.2) is 36.4 Å². The fraction of sp³-hybridized carbons (Fsp3) is 0.286. The molecule has 0 aromatic heterocycles. The Morgan fingerprint density at radius 3 is 2.53 bits per heavy atom. The molecule has 9 nitrogen and oxygen atoms in total. The van der Waals surface area contributed by atoms with Gasteiger partial charge in [-0.1, -0.05) is 6.07 Å². The summed E-state index contributed by atoms with van der Waals surface area (Å²) in [6, 6.07) is 9.03. The van der Waals surface area contributed by atoms with E-state index in [-0.39, 0.29) is 6.79 Å². The number of rotatable bonds is 6. The van der Waals surface area contributed by atoms with Crippen LogP contribution in [-0.2, 0) is 10.3 Å². The van der Waals surface area contributed by atoms with E-state index < -0.39 is 29.8 Å². The quantitative estimate of drug-likeness (QED) is 0.572. The number of carbonyl (C=O) groups is 3. The molecule has 30 heavy (non-hydrogen) atoms. The molecule has 0 bridgehead atoms. The second-order valence-electron chi connectivity index (χ2n) is 7.01. The molecule has 1 atom stereocenters. The molecular formula is C21H20N2O7. The highest BCUT2D eigenvalue weighted by atomic mass is 16.7. The number of nitrogens with one attached hydrogen (secondary N) is 1. The van der Waals surface area contributed by atoms with Crippen LogP contribution in [0.25, 0.3) is 0 Å². The molecule has 2 aromatic rings. The van der Waals surface area contributed by atoms with Gasteiger partial charge in [-0.25, -0.2) is 4.79 Å². The third kappa shape index (κ3) is 3.08. The summed E-state index contributed by atoms with van der Waals surface area (Å²) < 4.78 is 21.0. The molecule has 4 rings (SSSR count). The van der Waals surface area contributed by atoms with Crippen LogP contribution >= 0.6 is 0 Å². The lowest BCUT2D eigenvalue weighted by Gasteiger charge is -2.22. The smallest absolute Gasteiger partial charge is 0.325 e. The van der Waals surface area contributed by atoms with E-state index in [9.17, 15) is 14.4 Å². The van der Waals surface area contributed by atoms with Crippen LogP contribution in [0, 0.1) is 0 Å². The van der Waals surface area contributed by atoms with E-state index in [1.165, 1.54) is 20.3 Å². The van der Waals surface area contributed by atoms with E-state index in [1.807, 2.05) is 0 Å². The van der Waals surface area contributed by atoms with Crippen LogP contribution in [0.2, 0.25) is 0 Å². The number of amides is 3. The number of ketones is 1. The normalized spacial score (nSPS) is 19.6. The molecule has 9 heteroatoms. The third-order valence-corrected chi connectivity index (χ3v) is 5.23. The van der Waals surface area contributed by atoms with Crippen molar-refractivity contribution in [1.29, 1.82) is 0 Å². The lowest BCUT2D eigenvalue weighted by molar-refractivity contribution is -0.130. The summed E-state index contributed by atoms with van der Waals surface area (Å²) in [6.45, 7) is 1.29. The molecule has 1 saturated heterocycles. The maximum Gasteiger partial charge on any atom is 0.325 e. The highest BCUT2D eigenvalue weighted by Gasteiger charge is 2.49. The van der Waals surface area contributed by atoms with Crippen molar-refractivity contribution in [2.75, 3.05) is 27.6 Å². The number of methoxy groups -OCH3 is 2. The summed E-state index contributed by atoms with van der Waals surface area (Å²) in [5.41, 5.74) is -0.494. The number of imide groups is 1. The van der Waals surface area contributed by atoms with Gasteiger partial charge in [-0.2, -0.15) is 0 Å². The zero-order chi connectivity index (χ0) is 21.5. The van der Waals surface area contributed by atoms with Crippen molar-refractivity contribution in [3.63, 3.8) is 0 Å². The zero-order valence-electron chi connectivity index (χ0n) is 16.7. The lowest BCUT2D eigenvalue weighted by atomic mass is 9.91. The minimum Gasteiger partial charge on any atom is -0.493 e. The summed E-state index contributed by atoms with van der Waals surface area (Å²) in [7, 11) is 2.95. The molecule has 2 heterocycles. The molecular weight excluding hydrogens is 392 g/mol. The van der Waals surface area contributed by atoms with Gasteiger partial charge in [-0.3, -0.25) is 14.5 Å². The average molecular weight is 412 g/mol. The lowest BCUT2D eigenvalue weighted by Crippen LogP contribution is -2.41. The van der Waals surface area contributed by atoms with Gasteiger partial charge in [0.2, 0.25) is 6.79 Å². The minimum atomic E-state index is -1.32. The fourth-order valence-corrected chi connectivity index (χ4v) is 3.49. The highest BCUT2D eigenvalue weighted by Crippen LogP contribution is 2.38. The van der Waals surface area contributed by atoms with Crippen LogP contribution in [0.5, 0.6) is 23.0 Å². The van der Waals surface area contributed by atoms with Crippen molar-refractivity contribution in [2.24, 2.45) is 0 Å². The summed E-state index contributed by atoms with van der Waals surface area (Å²) in [4.78, 5) is 39.3. The number of hydrogen-bond donors (Lipinski definition) is 1. The first-order valence-corrected chi connectivity index (χ1v) is 9.17. The van der Waals surface area contributed by atoms with Gasteiger partial charge in [0.1, 0.15) is 5.54 Å². The Kier molecular flexibility index (Phi) is 4.73. The molecule has 0 aliphatic carbocycles. The second kappa shape index (κ2) is 7.25. The molecule has 3 amide bonds. The molecule has 1 fully saturated rings. The SMILES string of the molecule is COc1ccc(C(=O)CN2C(=O)NC(C)(c3ccc4c(c3)OCO4)C2=O)cc1OC. The standard InChI is InChI=1S/C21H20N2O7/c1-21(13-5-7-16-18(9-13)30-11-29-16)19(25)23(20(26)22-21)10-14(24)12-4-6-15(27-2)17(8-12)28-3/h4-9H,10-11H2,1-3H3,(H,22,26). The minimum absolute atomic E-state index is 0.0990. The second-order valence-corrected chi connectivity index (χ2v) is 7.01. The molecule has 156 valence electrons. The van der Waals surface area contributed by atoms with Crippen molar-refractivity contribution < 1.29 is 33.3 Å². The van der Waals surface area contributed by atoms with Crippen LogP contribution in [0.3, 0.4) is 0 Å². The maximum atomic E-state index is 13.1. The third-order valence-electron chi connectivity index (χ3n) is 5.23. The number of urea groups is 1. The number of benzene rings is 2. The number of hydrogen-bond acceptors (Lipinski definition) is 7. The molecule has 0 spiro atoms. The Morgan fingerprint density at radius 1 is 1.07 bits per heavy atom. The monoisotopic (exact) mass is 412 g/mol. The molecule has 2 aliphatic heterocycles. The topological polar surface area (TPSA) is 103 Å². The van der Waals surface area contributed by atoms with Gasteiger partial charge in [0.05, 0.1) is 20.8 Å². The van der Waals surface area contributed by atoms with Crippen LogP contribution in [0.1, 0.15) is 22.8 Å². The molecule has 0 saturated carbocycles. The van der Waals surface area contributed by atoms with Gasteiger partial charge < -0.3 is 24.3 Å². The summed E-state index contributed by atoms with van der Waals surface area (Å²) in [6.07, 6.45) is 0. The molecule has 2 aromatic carbocycles. The van der Waals surface area contributed by atoms with Crippen molar-refractivity contribution in [1.82, 2.24) is 10.2 Å². The van der Waals surface area contributed by atoms with Crippen LogP contribution < -0.4 is 24.3 Å². The van der Waals surface area contributed by atoms with Gasteiger partial charge in [-0.05, 0) is 42.8 Å². The van der Waals surface area contributed by atoms with E-state index in [0.29, 0.717) is 34.1 Å². The predicted molar refractivity (Wildman–Crippen MR) is 104 cm³/mol. The van der Waals surface area contributed by atoms with Crippen molar-refractivity contribution in [3.8, 4) is 23.0 Å². The van der Waals surface area contributed by atoms with E-state index in [1.54, 1.807) is 37.3 Å². The van der Waals surface area contributed by atoms with E-state index in [2.05, 4.69) is 5.32 Å². The van der Waals surface area contributed by atoms with Crippen LogP contribution in [0.4, 0.5) is 4.79 Å². The Hall–Kier alpha value is -3.75. The average Bonchev–Trinajstić information content (AvgIpc) is 3.31. The molecule has 1 unspecified atom stereocenters. The van der Waals surface area contributed by atoms with Gasteiger partial charge in [-0.15, -0.1) is 0 Å². The predicted octanol–water partition coefficient (Wildman–Crippen LogP) is 2.08. The number of carbonyl (C=O) groups excluding carboxylic acids is 3. The van der Waals surface area contributed by atoms with Crippen LogP contribution in [-0.4, -0.2) is 50.2 Å². The van der Waals surface area contributed by atoms with E-state index in [0.717, 1.165) is 4.90 Å².